The van der Waals surface area contributed by atoms with Gasteiger partial charge in [-0.2, -0.15) is 0 Å². The summed E-state index contributed by atoms with van der Waals surface area (Å²) in [6.45, 7) is 13.2. The van der Waals surface area contributed by atoms with Crippen LogP contribution in [0.5, 0.6) is 0 Å². The first-order chi connectivity index (χ1) is 21.3. The zero-order valence-corrected chi connectivity index (χ0v) is 27.7. The average molecular weight is 641 g/mol. The van der Waals surface area contributed by atoms with E-state index in [9.17, 15) is 17.6 Å². The van der Waals surface area contributed by atoms with Crippen molar-refractivity contribution in [1.82, 2.24) is 0 Å². The molecule has 0 atom stereocenters. The third-order valence-corrected chi connectivity index (χ3v) is 12.4. The average Bonchev–Trinajstić information content (AvgIpc) is 3.00. The molecule has 4 aromatic rings. The smallest absolute Gasteiger partial charge is 0.191 e. The van der Waals surface area contributed by atoms with Gasteiger partial charge in [0.25, 0.3) is 0 Å². The second-order valence-corrected chi connectivity index (χ2v) is 17.1. The van der Waals surface area contributed by atoms with Crippen molar-refractivity contribution < 1.29 is 27.1 Å². The lowest BCUT2D eigenvalue weighted by molar-refractivity contribution is 0.284. The van der Waals surface area contributed by atoms with Gasteiger partial charge in [-0.15, -0.1) is 0 Å². The van der Waals surface area contributed by atoms with E-state index in [1.54, 1.807) is 48.5 Å². The molecular weight excluding hydrogens is 596 g/mol. The fourth-order valence-electron chi connectivity index (χ4n) is 4.29. The van der Waals surface area contributed by atoms with Crippen LogP contribution in [0.3, 0.4) is 0 Å². The lowest BCUT2D eigenvalue weighted by Crippen LogP contribution is -2.41. The number of aliphatic hydroxyl groups excluding tert-OH is 1. The molecule has 4 rings (SSSR count). The van der Waals surface area contributed by atoms with Crippen molar-refractivity contribution in [3.05, 3.63) is 120 Å². The van der Waals surface area contributed by atoms with E-state index in [1.165, 1.54) is 48.5 Å². The first-order valence-electron chi connectivity index (χ1n) is 15.1. The van der Waals surface area contributed by atoms with Crippen molar-refractivity contribution in [3.8, 4) is 0 Å². The van der Waals surface area contributed by atoms with E-state index >= 15 is 0 Å². The lowest BCUT2D eigenvalue weighted by Gasteiger charge is -2.36. The second-order valence-electron chi connectivity index (χ2n) is 12.2. The molecule has 0 aromatic heterocycles. The van der Waals surface area contributed by atoms with Crippen molar-refractivity contribution in [2.75, 3.05) is 36.1 Å². The molecule has 0 spiro atoms. The molecule has 9 heteroatoms. The van der Waals surface area contributed by atoms with Gasteiger partial charge in [-0.1, -0.05) is 20.8 Å². The van der Waals surface area contributed by atoms with Crippen LogP contribution in [-0.2, 0) is 4.43 Å². The molecule has 0 aliphatic carbocycles. The summed E-state index contributed by atoms with van der Waals surface area (Å²) in [7, 11) is -1.77. The fourth-order valence-corrected chi connectivity index (χ4v) is 5.38. The normalized spacial score (nSPS) is 11.5. The van der Waals surface area contributed by atoms with Crippen molar-refractivity contribution in [2.45, 2.75) is 51.7 Å². The van der Waals surface area contributed by atoms with Crippen LogP contribution in [0, 0.1) is 23.3 Å². The van der Waals surface area contributed by atoms with Crippen LogP contribution >= 0.6 is 0 Å². The van der Waals surface area contributed by atoms with Gasteiger partial charge < -0.3 is 19.3 Å². The molecular formula is C36H44F4N2O2Si. The molecule has 0 heterocycles. The quantitative estimate of drug-likeness (QED) is 0.0950. The highest BCUT2D eigenvalue weighted by Gasteiger charge is 2.36. The van der Waals surface area contributed by atoms with Crippen molar-refractivity contribution in [1.29, 1.82) is 0 Å². The van der Waals surface area contributed by atoms with E-state index in [1.807, 2.05) is 4.90 Å². The second kappa shape index (κ2) is 16.6. The number of halogens is 4. The molecule has 0 saturated heterocycles. The Morgan fingerprint density at radius 1 is 0.556 bits per heavy atom. The summed E-state index contributed by atoms with van der Waals surface area (Å²) in [5, 5.41) is 9.13. The number of rotatable bonds is 12. The summed E-state index contributed by atoms with van der Waals surface area (Å²) in [5.74, 6) is -1.14. The molecule has 0 aliphatic rings. The highest BCUT2D eigenvalue weighted by molar-refractivity contribution is 6.74. The van der Waals surface area contributed by atoms with Crippen LogP contribution in [0.1, 0.15) is 33.6 Å². The first-order valence-corrected chi connectivity index (χ1v) is 18.0. The summed E-state index contributed by atoms with van der Waals surface area (Å²) in [6, 6.07) is 24.9. The number of hydrogen-bond donors (Lipinski definition) is 1. The number of aliphatic hydroxyl groups is 1. The van der Waals surface area contributed by atoms with E-state index in [4.69, 9.17) is 9.53 Å². The Balaban J connectivity index is 0.000000257. The lowest BCUT2D eigenvalue weighted by atomic mass is 10.2. The van der Waals surface area contributed by atoms with Crippen LogP contribution in [0.2, 0.25) is 18.1 Å². The largest absolute Gasteiger partial charge is 0.417 e. The predicted molar refractivity (Wildman–Crippen MR) is 179 cm³/mol. The number of anilines is 4. The summed E-state index contributed by atoms with van der Waals surface area (Å²) in [6.07, 6.45) is 1.41. The Morgan fingerprint density at radius 3 is 1.11 bits per heavy atom. The Morgan fingerprint density at radius 2 is 0.844 bits per heavy atom. The molecule has 4 aromatic carbocycles. The minimum atomic E-state index is -1.77. The highest BCUT2D eigenvalue weighted by Crippen LogP contribution is 2.36. The van der Waals surface area contributed by atoms with Crippen molar-refractivity contribution in [3.63, 3.8) is 0 Å². The van der Waals surface area contributed by atoms with Gasteiger partial charge in [-0.3, -0.25) is 0 Å². The van der Waals surface area contributed by atoms with Gasteiger partial charge in [0.1, 0.15) is 23.3 Å². The molecule has 0 amide bonds. The van der Waals surface area contributed by atoms with Gasteiger partial charge in [0.2, 0.25) is 0 Å². The molecule has 0 unspecified atom stereocenters. The van der Waals surface area contributed by atoms with Gasteiger partial charge in [-0.25, -0.2) is 17.6 Å². The summed E-state index contributed by atoms with van der Waals surface area (Å²) >= 11 is 0. The molecule has 0 fully saturated rings. The Labute approximate surface area is 266 Å². The highest BCUT2D eigenvalue weighted by atomic mass is 28.4. The minimum absolute atomic E-state index is 0.0683. The standard InChI is InChI=1S/C21H29F2NOSi.C15H15F2NO/c1-21(2,3)26(4,5)25-16-6-15-24(19-11-7-17(22)8-12-19)20-13-9-18(23)10-14-20;16-12-2-6-14(7-3-12)18(10-1-11-19)15-8-4-13(17)5-9-15/h7-14H,6,15-16H2,1-5H3;2-9,19H,1,10-11H2. The third kappa shape index (κ3) is 11.0. The van der Waals surface area contributed by atoms with Crippen LogP contribution in [-0.4, -0.2) is 39.7 Å². The van der Waals surface area contributed by atoms with Crippen molar-refractivity contribution >= 4 is 31.1 Å². The first kappa shape index (κ1) is 35.8. The van der Waals surface area contributed by atoms with Gasteiger partial charge in [-0.05, 0) is 128 Å². The van der Waals surface area contributed by atoms with Crippen LogP contribution in [0.4, 0.5) is 40.3 Å². The van der Waals surface area contributed by atoms with Crippen LogP contribution in [0.15, 0.2) is 97.1 Å². The maximum Gasteiger partial charge on any atom is 0.191 e. The monoisotopic (exact) mass is 640 g/mol. The van der Waals surface area contributed by atoms with Crippen LogP contribution in [0.25, 0.3) is 0 Å². The molecule has 0 saturated carbocycles. The van der Waals surface area contributed by atoms with E-state index in [0.717, 1.165) is 29.2 Å². The Bertz CT molecular complexity index is 1340. The summed E-state index contributed by atoms with van der Waals surface area (Å²) in [4.78, 5) is 3.98. The Kier molecular flexibility index (Phi) is 13.2. The summed E-state index contributed by atoms with van der Waals surface area (Å²) in [5.41, 5.74) is 3.37. The number of nitrogens with zero attached hydrogens (tertiary/aromatic N) is 2. The maximum absolute atomic E-state index is 13.3. The molecule has 4 nitrogen and oxygen atoms in total. The van der Waals surface area contributed by atoms with E-state index in [-0.39, 0.29) is 34.9 Å². The molecule has 0 radical (unpaired) electrons. The van der Waals surface area contributed by atoms with Gasteiger partial charge in [0, 0.05) is 49.1 Å². The molecule has 242 valence electrons. The predicted octanol–water partition coefficient (Wildman–Crippen LogP) is 10.0. The van der Waals surface area contributed by atoms with Gasteiger partial charge >= 0.3 is 0 Å². The molecule has 0 aliphatic heterocycles. The topological polar surface area (TPSA) is 35.9 Å². The van der Waals surface area contributed by atoms with Gasteiger partial charge in [0.05, 0.1) is 0 Å². The van der Waals surface area contributed by atoms with E-state index in [0.29, 0.717) is 26.1 Å². The molecule has 45 heavy (non-hydrogen) atoms. The minimum Gasteiger partial charge on any atom is -0.417 e. The van der Waals surface area contributed by atoms with Crippen molar-refractivity contribution in [2.24, 2.45) is 0 Å². The number of hydrogen-bond acceptors (Lipinski definition) is 4. The number of benzene rings is 4. The maximum atomic E-state index is 13.3. The van der Waals surface area contributed by atoms with E-state index in [2.05, 4.69) is 38.8 Å². The molecule has 1 N–H and O–H groups in total. The summed E-state index contributed by atoms with van der Waals surface area (Å²) < 4.78 is 58.7. The third-order valence-electron chi connectivity index (χ3n) is 7.89. The Hall–Kier alpha value is -3.66. The van der Waals surface area contributed by atoms with Crippen LogP contribution < -0.4 is 9.80 Å². The zero-order valence-electron chi connectivity index (χ0n) is 26.7. The zero-order chi connectivity index (χ0) is 33.0. The van der Waals surface area contributed by atoms with E-state index < -0.39 is 8.32 Å². The SMILES string of the molecule is CC(C)(C)[Si](C)(C)OCCCN(c1ccc(F)cc1)c1ccc(F)cc1.OCCCN(c1ccc(F)cc1)c1ccc(F)cc1. The van der Waals surface area contributed by atoms with Gasteiger partial charge in [0.15, 0.2) is 8.32 Å². The molecule has 0 bridgehead atoms. The fraction of sp³-hybridized carbons (Fsp3) is 0.333.